The van der Waals surface area contributed by atoms with E-state index in [0.717, 1.165) is 154 Å². The van der Waals surface area contributed by atoms with Crippen molar-refractivity contribution in [3.63, 3.8) is 0 Å². The zero-order valence-electron chi connectivity index (χ0n) is 64.7. The van der Waals surface area contributed by atoms with Gasteiger partial charge in [0.05, 0.1) is 66.1 Å². The molecule has 0 saturated carbocycles. The molecule has 0 amide bonds. The van der Waals surface area contributed by atoms with Crippen molar-refractivity contribution in [3.05, 3.63) is 210 Å². The highest BCUT2D eigenvalue weighted by molar-refractivity contribution is 9.11. The normalized spacial score (nSPS) is 16.9. The van der Waals surface area contributed by atoms with Crippen molar-refractivity contribution in [3.8, 4) is 0 Å². The van der Waals surface area contributed by atoms with Crippen LogP contribution in [0.15, 0.2) is 165 Å². The molecule has 16 heterocycles. The van der Waals surface area contributed by atoms with E-state index in [9.17, 15) is 33.7 Å². The number of fused-ring (bicyclic) bond motifs is 4. The molecule has 0 aromatic carbocycles. The van der Waals surface area contributed by atoms with Gasteiger partial charge in [-0.1, -0.05) is 24.3 Å². The van der Waals surface area contributed by atoms with Crippen LogP contribution in [0.2, 0.25) is 0 Å². The standard InChI is InChI=1S/C20H25BrN6O2S.C19H24BrN7O2S.2C18H21BrN6O2S/c1-14(2)30(28,29)26-8-5-16(6-9-26)18-10-19(23-12-15-4-3-7-22-11-15)27-20(25-18)17(21)13-24-27;1-25(2)30(28,29)26-8-5-15(6-9-26)17-10-18(22-12-14-4-3-7-21-11-14)27-19(24-17)16(20)13-23-27;1-28(26,27)24-7-3-5-14(12-24)16-8-17(21-10-13-4-2-6-20-9-13)25-18(23-16)15(19)11-22-25;1-28(26,27)24-7-4-14(5-8-24)16-9-17(21-11-13-3-2-6-20-10-13)25-18(23-16)15(19)12-22-25/h3-4,7,10-11,13-14,16,23H,5-6,8-9,12H2,1-2H3;3-4,7,10-11,13,15,22H,5-6,8-9,12H2,1-2H3;2,4,6,8-9,11,14,21H,3,5,7,10,12H2,1H3;2-3,6,9-10,12,14,21H,4-5,7-8,11H2,1H3. The van der Waals surface area contributed by atoms with Crippen LogP contribution in [0, 0.1) is 0 Å². The minimum atomic E-state index is -3.38. The molecule has 4 N–H and O–H groups in total. The first-order valence-electron chi connectivity index (χ1n) is 37.8. The van der Waals surface area contributed by atoms with E-state index in [1.165, 1.54) is 16.8 Å². The van der Waals surface area contributed by atoms with Crippen molar-refractivity contribution in [1.29, 1.82) is 0 Å². The fourth-order valence-corrected chi connectivity index (χ4v) is 19.9. The lowest BCUT2D eigenvalue weighted by molar-refractivity contribution is 0.300. The molecule has 12 aromatic rings. The molecule has 33 nitrogen and oxygen atoms in total. The van der Waals surface area contributed by atoms with Crippen LogP contribution in [0.4, 0.5) is 23.3 Å². The molecule has 4 saturated heterocycles. The summed E-state index contributed by atoms with van der Waals surface area (Å²) in [6.45, 7) is 10.0. The number of aromatic nitrogens is 16. The smallest absolute Gasteiger partial charge is 0.281 e. The SMILES string of the molecule is CC(C)S(=O)(=O)N1CCC(c2cc(NCc3cccnc3)n3ncc(Br)c3n2)CC1.CN(C)S(=O)(=O)N1CCC(c2cc(NCc3cccnc3)n3ncc(Br)c3n2)CC1.CS(=O)(=O)N1CCC(c2cc(NCc3cccnc3)n3ncc(Br)c3n2)CC1.CS(=O)(=O)N1CCCC(c2cc(NCc3cccnc3)n3ncc(Br)c3n2)C1. The number of piperidine rings is 4. The first-order valence-corrected chi connectivity index (χ1v) is 47.6. The van der Waals surface area contributed by atoms with E-state index in [-0.39, 0.29) is 23.7 Å². The molecule has 0 bridgehead atoms. The number of rotatable bonds is 22. The molecule has 616 valence electrons. The van der Waals surface area contributed by atoms with Gasteiger partial charge in [-0.25, -0.2) is 58.1 Å². The third-order valence-corrected chi connectivity index (χ3v) is 29.7. The molecule has 4 aliphatic heterocycles. The third-order valence-electron chi connectivity index (χ3n) is 20.7. The summed E-state index contributed by atoms with van der Waals surface area (Å²) in [7, 11) is -9.81. The van der Waals surface area contributed by atoms with E-state index in [0.29, 0.717) is 84.2 Å². The van der Waals surface area contributed by atoms with Gasteiger partial charge in [0.25, 0.3) is 10.2 Å². The van der Waals surface area contributed by atoms with Crippen molar-refractivity contribution in [2.75, 3.05) is 100 Å². The van der Waals surface area contributed by atoms with Gasteiger partial charge in [0.1, 0.15) is 23.3 Å². The van der Waals surface area contributed by atoms with Crippen molar-refractivity contribution < 1.29 is 33.7 Å². The summed E-state index contributed by atoms with van der Waals surface area (Å²) in [6, 6.07) is 23.7. The van der Waals surface area contributed by atoms with Crippen LogP contribution in [-0.2, 0) is 66.5 Å². The fraction of sp³-hybridized carbons (Fsp3) is 0.413. The average Bonchev–Trinajstić information content (AvgIpc) is 1.60. The molecule has 16 rings (SSSR count). The molecule has 4 aliphatic rings. The van der Waals surface area contributed by atoms with Crippen LogP contribution in [0.1, 0.15) is 134 Å². The number of pyridine rings is 4. The molecular formula is C75H91Br4N25O8S4. The summed E-state index contributed by atoms with van der Waals surface area (Å²) in [5, 5.41) is 30.9. The van der Waals surface area contributed by atoms with Crippen LogP contribution in [0.25, 0.3) is 22.6 Å². The van der Waals surface area contributed by atoms with Gasteiger partial charge in [0.2, 0.25) is 30.1 Å². The molecule has 12 aromatic heterocycles. The van der Waals surface area contributed by atoms with E-state index in [1.54, 1.807) is 113 Å². The predicted octanol–water partition coefficient (Wildman–Crippen LogP) is 11.2. The van der Waals surface area contributed by atoms with Crippen LogP contribution in [0.5, 0.6) is 0 Å². The largest absolute Gasteiger partial charge is 0.366 e. The summed E-state index contributed by atoms with van der Waals surface area (Å²) >= 11 is 14.1. The second-order valence-electron chi connectivity index (χ2n) is 29.2. The molecule has 0 spiro atoms. The van der Waals surface area contributed by atoms with Crippen LogP contribution in [0.3, 0.4) is 0 Å². The fourth-order valence-electron chi connectivity index (χ4n) is 14.2. The second-order valence-corrected chi connectivity index (χ2v) is 41.2. The summed E-state index contributed by atoms with van der Waals surface area (Å²) in [5.41, 5.74) is 10.9. The van der Waals surface area contributed by atoms with Gasteiger partial charge >= 0.3 is 0 Å². The highest BCUT2D eigenvalue weighted by Gasteiger charge is 2.35. The van der Waals surface area contributed by atoms with E-state index in [2.05, 4.69) is 125 Å². The highest BCUT2D eigenvalue weighted by Crippen LogP contribution is 2.37. The predicted molar refractivity (Wildman–Crippen MR) is 460 cm³/mol. The third kappa shape index (κ3) is 20.9. The van der Waals surface area contributed by atoms with Crippen molar-refractivity contribution >= 4 is 150 Å². The Kier molecular flexibility index (Phi) is 27.9. The van der Waals surface area contributed by atoms with Crippen molar-refractivity contribution in [2.45, 2.75) is 120 Å². The Hall–Kier alpha value is -8.20. The Morgan fingerprint density at radius 3 is 0.966 bits per heavy atom. The summed E-state index contributed by atoms with van der Waals surface area (Å²) in [5.74, 6) is 4.00. The molecule has 41 heteroatoms. The Labute approximate surface area is 708 Å². The molecule has 116 heavy (non-hydrogen) atoms. The van der Waals surface area contributed by atoms with Crippen LogP contribution < -0.4 is 21.3 Å². The van der Waals surface area contributed by atoms with E-state index in [1.807, 2.05) is 97.6 Å². The molecule has 1 atom stereocenters. The number of anilines is 4. The van der Waals surface area contributed by atoms with Crippen molar-refractivity contribution in [1.82, 2.24) is 99.9 Å². The van der Waals surface area contributed by atoms with Crippen LogP contribution in [-0.4, -0.2) is 218 Å². The van der Waals surface area contributed by atoms with E-state index < -0.39 is 45.5 Å². The van der Waals surface area contributed by atoms with Gasteiger partial charge in [-0.2, -0.15) is 55.5 Å². The molecule has 0 aliphatic carbocycles. The maximum Gasteiger partial charge on any atom is 0.281 e. The Morgan fingerprint density at radius 2 is 0.690 bits per heavy atom. The zero-order chi connectivity index (χ0) is 82.1. The number of sulfonamides is 3. The number of halogens is 4. The van der Waals surface area contributed by atoms with Gasteiger partial charge in [-0.05, 0) is 175 Å². The maximum absolute atomic E-state index is 12.5. The van der Waals surface area contributed by atoms with E-state index in [4.69, 9.17) is 19.9 Å². The highest BCUT2D eigenvalue weighted by atomic mass is 79.9. The van der Waals surface area contributed by atoms with Gasteiger partial charge in [0.15, 0.2) is 22.6 Å². The monoisotopic (exact) mass is 1910 g/mol. The maximum atomic E-state index is 12.5. The van der Waals surface area contributed by atoms with Gasteiger partial charge in [0, 0.05) is 207 Å². The molecule has 1 unspecified atom stereocenters. The lowest BCUT2D eigenvalue weighted by Crippen LogP contribution is -2.44. The van der Waals surface area contributed by atoms with Gasteiger partial charge in [-0.15, -0.1) is 0 Å². The first kappa shape index (κ1) is 85.7. The Balaban J connectivity index is 0.000000135. The topological polar surface area (TPSA) is 373 Å². The summed E-state index contributed by atoms with van der Waals surface area (Å²) in [4.78, 5) is 35.8. The summed E-state index contributed by atoms with van der Waals surface area (Å²) in [6.07, 6.45) is 29.9. The quantitative estimate of drug-likeness (QED) is 0.0489. The van der Waals surface area contributed by atoms with Gasteiger partial charge < -0.3 is 21.3 Å². The van der Waals surface area contributed by atoms with E-state index >= 15 is 0 Å². The number of hydrogen-bond donors (Lipinski definition) is 4. The minimum absolute atomic E-state index is 0.0502. The Morgan fingerprint density at radius 1 is 0.397 bits per heavy atom. The second kappa shape index (κ2) is 37.8. The average molecular weight is 1920 g/mol. The molecular weight excluding hydrogens is 1830 g/mol. The molecule has 4 fully saturated rings. The number of nitrogens with one attached hydrogen (secondary N) is 4. The summed E-state index contributed by atoms with van der Waals surface area (Å²) < 4.78 is 115. The number of hydrogen-bond acceptors (Lipinski definition) is 24. The van der Waals surface area contributed by atoms with Crippen LogP contribution >= 0.6 is 63.7 Å². The van der Waals surface area contributed by atoms with Gasteiger partial charge in [-0.3, -0.25) is 19.9 Å². The lowest BCUT2D eigenvalue weighted by Gasteiger charge is -2.32. The number of nitrogens with zero attached hydrogens (tertiary/aromatic N) is 21. The molecule has 0 radical (unpaired) electrons. The zero-order valence-corrected chi connectivity index (χ0v) is 74.3. The first-order chi connectivity index (χ1) is 55.5. The Bertz CT molecular complexity index is 5660. The minimum Gasteiger partial charge on any atom is -0.366 e. The lowest BCUT2D eigenvalue weighted by atomic mass is 9.94. The van der Waals surface area contributed by atoms with Crippen molar-refractivity contribution in [2.24, 2.45) is 0 Å².